The van der Waals surface area contributed by atoms with Crippen LogP contribution in [0, 0.1) is 6.92 Å². The average Bonchev–Trinajstić information content (AvgIpc) is 2.25. The summed E-state index contributed by atoms with van der Waals surface area (Å²) in [7, 11) is 0. The van der Waals surface area contributed by atoms with Crippen LogP contribution >= 0.6 is 0 Å². The minimum atomic E-state index is 0.656. The summed E-state index contributed by atoms with van der Waals surface area (Å²) in [5, 5.41) is 3.17. The third-order valence-electron chi connectivity index (χ3n) is 2.09. The summed E-state index contributed by atoms with van der Waals surface area (Å²) in [6.45, 7) is 2.02. The van der Waals surface area contributed by atoms with Crippen LogP contribution in [-0.4, -0.2) is 9.97 Å². The number of nitrogens with zero attached hydrogens (tertiary/aromatic N) is 2. The molecule has 0 saturated heterocycles. The van der Waals surface area contributed by atoms with Crippen molar-refractivity contribution >= 4 is 17.2 Å². The lowest BCUT2D eigenvalue weighted by atomic mass is 10.2. The number of aromatic nitrogens is 2. The molecule has 0 amide bonds. The Labute approximate surface area is 88.2 Å². The van der Waals surface area contributed by atoms with Gasteiger partial charge in [0.05, 0.1) is 23.8 Å². The van der Waals surface area contributed by atoms with E-state index in [0.717, 1.165) is 17.1 Å². The normalized spacial score (nSPS) is 9.93. The summed E-state index contributed by atoms with van der Waals surface area (Å²) < 4.78 is 0. The Morgan fingerprint density at radius 3 is 2.73 bits per heavy atom. The molecular formula is C11H12N4. The molecule has 0 spiro atoms. The van der Waals surface area contributed by atoms with Crippen molar-refractivity contribution in [1.82, 2.24) is 9.97 Å². The van der Waals surface area contributed by atoms with Gasteiger partial charge in [-0.15, -0.1) is 0 Å². The van der Waals surface area contributed by atoms with E-state index in [-0.39, 0.29) is 0 Å². The molecule has 0 aromatic carbocycles. The maximum atomic E-state index is 5.55. The Hall–Kier alpha value is -2.10. The number of hydrogen-bond donors (Lipinski definition) is 2. The monoisotopic (exact) mass is 200 g/mol. The van der Waals surface area contributed by atoms with Crippen LogP contribution in [0.5, 0.6) is 0 Å². The summed E-state index contributed by atoms with van der Waals surface area (Å²) in [5.41, 5.74) is 8.29. The number of hydrogen-bond acceptors (Lipinski definition) is 4. The van der Waals surface area contributed by atoms with Crippen molar-refractivity contribution in [2.75, 3.05) is 11.1 Å². The quantitative estimate of drug-likeness (QED) is 0.779. The predicted octanol–water partition coefficient (Wildman–Crippen LogP) is 2.11. The molecule has 0 unspecified atom stereocenters. The van der Waals surface area contributed by atoms with Crippen molar-refractivity contribution in [1.29, 1.82) is 0 Å². The molecule has 0 bridgehead atoms. The van der Waals surface area contributed by atoms with Crippen LogP contribution in [0.2, 0.25) is 0 Å². The number of pyridine rings is 2. The minimum Gasteiger partial charge on any atom is -0.397 e. The maximum absolute atomic E-state index is 5.55. The van der Waals surface area contributed by atoms with Gasteiger partial charge in [-0.3, -0.25) is 4.98 Å². The van der Waals surface area contributed by atoms with Gasteiger partial charge < -0.3 is 11.1 Å². The van der Waals surface area contributed by atoms with Crippen LogP contribution in [0.1, 0.15) is 5.56 Å². The van der Waals surface area contributed by atoms with E-state index in [0.29, 0.717) is 5.69 Å². The molecule has 0 aliphatic carbocycles. The molecule has 15 heavy (non-hydrogen) atoms. The third kappa shape index (κ3) is 2.22. The first kappa shape index (κ1) is 9.45. The number of nitrogens with two attached hydrogens (primary N) is 1. The van der Waals surface area contributed by atoms with Crippen LogP contribution < -0.4 is 11.1 Å². The summed E-state index contributed by atoms with van der Waals surface area (Å²) in [4.78, 5) is 8.20. The zero-order valence-corrected chi connectivity index (χ0v) is 8.44. The third-order valence-corrected chi connectivity index (χ3v) is 2.09. The van der Waals surface area contributed by atoms with E-state index in [2.05, 4.69) is 15.3 Å². The lowest BCUT2D eigenvalue weighted by molar-refractivity contribution is 1.25. The number of nitrogens with one attached hydrogen (secondary N) is 1. The standard InChI is InChI=1S/C11H12N4/c1-8-4-5-13-7-10(8)15-11-3-2-9(12)6-14-11/h2-7H,12H2,1H3,(H,14,15). The number of aryl methyl sites for hydroxylation is 1. The van der Waals surface area contributed by atoms with Gasteiger partial charge in [0.15, 0.2) is 0 Å². The molecule has 3 N–H and O–H groups in total. The average molecular weight is 200 g/mol. The zero-order chi connectivity index (χ0) is 10.7. The highest BCUT2D eigenvalue weighted by atomic mass is 15.0. The molecule has 0 radical (unpaired) electrons. The van der Waals surface area contributed by atoms with Crippen LogP contribution in [0.3, 0.4) is 0 Å². The first-order chi connectivity index (χ1) is 7.25. The van der Waals surface area contributed by atoms with E-state index >= 15 is 0 Å². The van der Waals surface area contributed by atoms with Crippen molar-refractivity contribution in [3.05, 3.63) is 42.4 Å². The van der Waals surface area contributed by atoms with Crippen molar-refractivity contribution in [2.24, 2.45) is 0 Å². The van der Waals surface area contributed by atoms with Gasteiger partial charge in [-0.1, -0.05) is 0 Å². The van der Waals surface area contributed by atoms with Gasteiger partial charge in [0, 0.05) is 6.20 Å². The molecule has 0 fully saturated rings. The molecule has 76 valence electrons. The van der Waals surface area contributed by atoms with E-state index < -0.39 is 0 Å². The molecule has 2 heterocycles. The number of anilines is 3. The Morgan fingerprint density at radius 1 is 1.20 bits per heavy atom. The number of rotatable bonds is 2. The number of nitrogen functional groups attached to an aromatic ring is 1. The predicted molar refractivity (Wildman–Crippen MR) is 60.9 cm³/mol. The van der Waals surface area contributed by atoms with Gasteiger partial charge in [0.1, 0.15) is 5.82 Å². The highest BCUT2D eigenvalue weighted by Gasteiger charge is 1.98. The molecule has 0 aliphatic rings. The Bertz CT molecular complexity index is 450. The highest BCUT2D eigenvalue weighted by molar-refractivity contribution is 5.59. The second kappa shape index (κ2) is 3.96. The van der Waals surface area contributed by atoms with E-state index in [1.54, 1.807) is 24.7 Å². The SMILES string of the molecule is Cc1ccncc1Nc1ccc(N)cn1. The van der Waals surface area contributed by atoms with Crippen molar-refractivity contribution in [2.45, 2.75) is 6.92 Å². The topological polar surface area (TPSA) is 63.8 Å². The summed E-state index contributed by atoms with van der Waals surface area (Å²) >= 11 is 0. The van der Waals surface area contributed by atoms with Gasteiger partial charge >= 0.3 is 0 Å². The highest BCUT2D eigenvalue weighted by Crippen LogP contribution is 2.17. The molecule has 4 nitrogen and oxygen atoms in total. The lowest BCUT2D eigenvalue weighted by Gasteiger charge is -2.07. The lowest BCUT2D eigenvalue weighted by Crippen LogP contribution is -1.96. The Balaban J connectivity index is 2.22. The first-order valence-electron chi connectivity index (χ1n) is 4.65. The van der Waals surface area contributed by atoms with Gasteiger partial charge in [-0.25, -0.2) is 4.98 Å². The fourth-order valence-electron chi connectivity index (χ4n) is 1.21. The molecule has 4 heteroatoms. The molecule has 0 aliphatic heterocycles. The largest absolute Gasteiger partial charge is 0.397 e. The van der Waals surface area contributed by atoms with E-state index in [9.17, 15) is 0 Å². The summed E-state index contributed by atoms with van der Waals surface area (Å²) in [6, 6.07) is 5.59. The van der Waals surface area contributed by atoms with Crippen molar-refractivity contribution in [3.63, 3.8) is 0 Å². The molecule has 2 aromatic rings. The maximum Gasteiger partial charge on any atom is 0.130 e. The van der Waals surface area contributed by atoms with Gasteiger partial charge in [-0.2, -0.15) is 0 Å². The first-order valence-corrected chi connectivity index (χ1v) is 4.65. The van der Waals surface area contributed by atoms with Gasteiger partial charge in [-0.05, 0) is 30.7 Å². The zero-order valence-electron chi connectivity index (χ0n) is 8.44. The van der Waals surface area contributed by atoms with Crippen molar-refractivity contribution in [3.8, 4) is 0 Å². The van der Waals surface area contributed by atoms with Crippen LogP contribution in [0.15, 0.2) is 36.8 Å². The van der Waals surface area contributed by atoms with Gasteiger partial charge in [0.2, 0.25) is 0 Å². The van der Waals surface area contributed by atoms with Crippen molar-refractivity contribution < 1.29 is 0 Å². The molecule has 0 saturated carbocycles. The molecule has 2 rings (SSSR count). The fraction of sp³-hybridized carbons (Fsp3) is 0.0909. The Kier molecular flexibility index (Phi) is 2.49. The van der Waals surface area contributed by atoms with E-state index in [4.69, 9.17) is 5.73 Å². The van der Waals surface area contributed by atoms with Crippen LogP contribution in [-0.2, 0) is 0 Å². The van der Waals surface area contributed by atoms with E-state index in [1.165, 1.54) is 0 Å². The molecule has 0 atom stereocenters. The Morgan fingerprint density at radius 2 is 2.07 bits per heavy atom. The summed E-state index contributed by atoms with van der Waals surface area (Å²) in [5.74, 6) is 0.764. The van der Waals surface area contributed by atoms with E-state index in [1.807, 2.05) is 19.1 Å². The minimum absolute atomic E-state index is 0.656. The molecule has 2 aromatic heterocycles. The fourth-order valence-corrected chi connectivity index (χ4v) is 1.21. The van der Waals surface area contributed by atoms with Crippen LogP contribution in [0.25, 0.3) is 0 Å². The second-order valence-corrected chi connectivity index (χ2v) is 3.29. The second-order valence-electron chi connectivity index (χ2n) is 3.29. The smallest absolute Gasteiger partial charge is 0.130 e. The van der Waals surface area contributed by atoms with Gasteiger partial charge in [0.25, 0.3) is 0 Å². The summed E-state index contributed by atoms with van der Waals surface area (Å²) in [6.07, 6.45) is 5.15. The molecular weight excluding hydrogens is 188 g/mol. The van der Waals surface area contributed by atoms with Crippen LogP contribution in [0.4, 0.5) is 17.2 Å².